The number of para-hydroxylation sites is 1. The van der Waals surface area contributed by atoms with Crippen LogP contribution < -0.4 is 5.73 Å². The molecular weight excluding hydrogens is 259 g/mol. The topological polar surface area (TPSA) is 77.8 Å². The SMILES string of the molecule is Cc1cccnc1-c1noc(-c2cccc(F)c2N)n1. The molecule has 0 fully saturated rings. The van der Waals surface area contributed by atoms with Crippen molar-refractivity contribution in [1.82, 2.24) is 15.1 Å². The second kappa shape index (κ2) is 4.73. The molecule has 0 bridgehead atoms. The van der Waals surface area contributed by atoms with E-state index in [9.17, 15) is 4.39 Å². The molecule has 3 aromatic rings. The third kappa shape index (κ3) is 2.01. The van der Waals surface area contributed by atoms with Crippen molar-refractivity contribution in [3.8, 4) is 23.0 Å². The molecule has 0 amide bonds. The van der Waals surface area contributed by atoms with Crippen LogP contribution >= 0.6 is 0 Å². The first-order valence-corrected chi connectivity index (χ1v) is 5.97. The Kier molecular flexibility index (Phi) is 2.90. The molecule has 1 aromatic carbocycles. The Balaban J connectivity index is 2.07. The zero-order valence-electron chi connectivity index (χ0n) is 10.7. The number of aryl methyl sites for hydroxylation is 1. The van der Waals surface area contributed by atoms with E-state index in [2.05, 4.69) is 15.1 Å². The van der Waals surface area contributed by atoms with Crippen LogP contribution in [-0.4, -0.2) is 15.1 Å². The summed E-state index contributed by atoms with van der Waals surface area (Å²) in [6.07, 6.45) is 1.65. The van der Waals surface area contributed by atoms with E-state index in [0.717, 1.165) is 5.56 Å². The van der Waals surface area contributed by atoms with Crippen LogP contribution in [0.25, 0.3) is 23.0 Å². The minimum absolute atomic E-state index is 0.0135. The molecule has 6 heteroatoms. The normalized spacial score (nSPS) is 10.7. The Morgan fingerprint density at radius 2 is 2.05 bits per heavy atom. The monoisotopic (exact) mass is 270 g/mol. The molecule has 2 N–H and O–H groups in total. The molecule has 0 atom stereocenters. The van der Waals surface area contributed by atoms with Crippen LogP contribution in [0, 0.1) is 12.7 Å². The number of hydrogen-bond acceptors (Lipinski definition) is 5. The number of anilines is 1. The van der Waals surface area contributed by atoms with Gasteiger partial charge < -0.3 is 10.3 Å². The standard InChI is InChI=1S/C14H11FN4O/c1-8-4-3-7-17-12(8)13-18-14(20-19-13)9-5-2-6-10(15)11(9)16/h2-7H,16H2,1H3. The molecule has 0 unspecified atom stereocenters. The molecule has 100 valence electrons. The van der Waals surface area contributed by atoms with Gasteiger partial charge in [0.2, 0.25) is 5.82 Å². The number of nitrogens with two attached hydrogens (primary N) is 1. The summed E-state index contributed by atoms with van der Waals surface area (Å²) in [5, 5.41) is 3.87. The first kappa shape index (κ1) is 12.3. The molecule has 0 saturated heterocycles. The van der Waals surface area contributed by atoms with Gasteiger partial charge in [0.05, 0.1) is 11.3 Å². The van der Waals surface area contributed by atoms with Crippen molar-refractivity contribution >= 4 is 5.69 Å². The molecule has 2 heterocycles. The van der Waals surface area contributed by atoms with Crippen LogP contribution in [-0.2, 0) is 0 Å². The van der Waals surface area contributed by atoms with Crippen molar-refractivity contribution in [2.24, 2.45) is 0 Å². The molecular formula is C14H11FN4O. The highest BCUT2D eigenvalue weighted by atomic mass is 19.1. The number of halogens is 1. The van der Waals surface area contributed by atoms with Gasteiger partial charge in [-0.1, -0.05) is 17.3 Å². The predicted octanol–water partition coefficient (Wildman–Crippen LogP) is 2.83. The lowest BCUT2D eigenvalue weighted by Gasteiger charge is -2.00. The van der Waals surface area contributed by atoms with Gasteiger partial charge in [-0.05, 0) is 30.7 Å². The highest BCUT2D eigenvalue weighted by Gasteiger charge is 2.16. The summed E-state index contributed by atoms with van der Waals surface area (Å²) >= 11 is 0. The van der Waals surface area contributed by atoms with Gasteiger partial charge in [-0.2, -0.15) is 4.98 Å². The van der Waals surface area contributed by atoms with Crippen LogP contribution in [0.15, 0.2) is 41.1 Å². The summed E-state index contributed by atoms with van der Waals surface area (Å²) < 4.78 is 18.6. The number of rotatable bonds is 2. The van der Waals surface area contributed by atoms with Gasteiger partial charge in [-0.15, -0.1) is 0 Å². The van der Waals surface area contributed by atoms with Gasteiger partial charge in [0.1, 0.15) is 11.5 Å². The van der Waals surface area contributed by atoms with Crippen molar-refractivity contribution in [1.29, 1.82) is 0 Å². The maximum absolute atomic E-state index is 13.4. The van der Waals surface area contributed by atoms with E-state index in [-0.39, 0.29) is 11.6 Å². The van der Waals surface area contributed by atoms with Crippen LogP contribution in [0.1, 0.15) is 5.56 Å². The average molecular weight is 270 g/mol. The molecule has 0 aliphatic rings. The Bertz CT molecular complexity index is 769. The summed E-state index contributed by atoms with van der Waals surface area (Å²) in [5.41, 5.74) is 7.58. The fraction of sp³-hybridized carbons (Fsp3) is 0.0714. The number of hydrogen-bond donors (Lipinski definition) is 1. The van der Waals surface area contributed by atoms with Crippen molar-refractivity contribution in [3.05, 3.63) is 47.9 Å². The third-order valence-corrected chi connectivity index (χ3v) is 2.93. The highest BCUT2D eigenvalue weighted by molar-refractivity contribution is 5.71. The first-order valence-electron chi connectivity index (χ1n) is 5.97. The quantitative estimate of drug-likeness (QED) is 0.724. The lowest BCUT2D eigenvalue weighted by molar-refractivity contribution is 0.432. The molecule has 0 saturated carbocycles. The van der Waals surface area contributed by atoms with Gasteiger partial charge in [-0.3, -0.25) is 4.98 Å². The Morgan fingerprint density at radius 3 is 2.85 bits per heavy atom. The van der Waals surface area contributed by atoms with E-state index >= 15 is 0 Å². The lowest BCUT2D eigenvalue weighted by Crippen LogP contribution is -1.94. The molecule has 3 rings (SSSR count). The van der Waals surface area contributed by atoms with E-state index < -0.39 is 5.82 Å². The second-order valence-corrected chi connectivity index (χ2v) is 4.29. The summed E-state index contributed by atoms with van der Waals surface area (Å²) in [4.78, 5) is 8.43. The zero-order valence-corrected chi connectivity index (χ0v) is 10.7. The summed E-state index contributed by atoms with van der Waals surface area (Å²) in [5.74, 6) is 0.0000750. The Morgan fingerprint density at radius 1 is 1.20 bits per heavy atom. The fourth-order valence-electron chi connectivity index (χ4n) is 1.87. The van der Waals surface area contributed by atoms with Crippen LogP contribution in [0.5, 0.6) is 0 Å². The minimum atomic E-state index is -0.517. The average Bonchev–Trinajstić information content (AvgIpc) is 2.92. The van der Waals surface area contributed by atoms with E-state index in [1.165, 1.54) is 12.1 Å². The number of pyridine rings is 1. The van der Waals surface area contributed by atoms with Crippen molar-refractivity contribution in [2.75, 3.05) is 5.73 Å². The van der Waals surface area contributed by atoms with Crippen LogP contribution in [0.4, 0.5) is 10.1 Å². The minimum Gasteiger partial charge on any atom is -0.396 e. The maximum Gasteiger partial charge on any atom is 0.260 e. The van der Waals surface area contributed by atoms with Gasteiger partial charge in [0.15, 0.2) is 0 Å². The van der Waals surface area contributed by atoms with Crippen LogP contribution in [0.2, 0.25) is 0 Å². The van der Waals surface area contributed by atoms with E-state index in [4.69, 9.17) is 10.3 Å². The zero-order chi connectivity index (χ0) is 14.1. The van der Waals surface area contributed by atoms with Crippen molar-refractivity contribution < 1.29 is 8.91 Å². The second-order valence-electron chi connectivity index (χ2n) is 4.29. The predicted molar refractivity (Wildman–Crippen MR) is 72.1 cm³/mol. The molecule has 20 heavy (non-hydrogen) atoms. The number of aromatic nitrogens is 3. The highest BCUT2D eigenvalue weighted by Crippen LogP contribution is 2.28. The first-order chi connectivity index (χ1) is 9.66. The number of benzene rings is 1. The molecule has 0 aliphatic carbocycles. The largest absolute Gasteiger partial charge is 0.396 e. The molecule has 0 aliphatic heterocycles. The van der Waals surface area contributed by atoms with Crippen LogP contribution in [0.3, 0.4) is 0 Å². The van der Waals surface area contributed by atoms with Crippen molar-refractivity contribution in [2.45, 2.75) is 6.92 Å². The van der Waals surface area contributed by atoms with Crippen molar-refractivity contribution in [3.63, 3.8) is 0 Å². The van der Waals surface area contributed by atoms with E-state index in [0.29, 0.717) is 17.1 Å². The van der Waals surface area contributed by atoms with Gasteiger partial charge in [-0.25, -0.2) is 4.39 Å². The number of nitrogens with zero attached hydrogens (tertiary/aromatic N) is 3. The third-order valence-electron chi connectivity index (χ3n) is 2.93. The van der Waals surface area contributed by atoms with Gasteiger partial charge in [0.25, 0.3) is 5.89 Å². The van der Waals surface area contributed by atoms with Gasteiger partial charge in [0, 0.05) is 6.20 Å². The molecule has 0 radical (unpaired) electrons. The number of nitrogen functional groups attached to an aromatic ring is 1. The smallest absolute Gasteiger partial charge is 0.260 e. The maximum atomic E-state index is 13.4. The van der Waals surface area contributed by atoms with E-state index in [1.807, 2.05) is 19.1 Å². The fourth-order valence-corrected chi connectivity index (χ4v) is 1.87. The summed E-state index contributed by atoms with van der Waals surface area (Å²) in [7, 11) is 0. The van der Waals surface area contributed by atoms with E-state index in [1.54, 1.807) is 12.3 Å². The Labute approximate surface area is 114 Å². The molecule has 2 aromatic heterocycles. The lowest BCUT2D eigenvalue weighted by atomic mass is 10.1. The van der Waals surface area contributed by atoms with Gasteiger partial charge >= 0.3 is 0 Å². The Hall–Kier alpha value is -2.76. The summed E-state index contributed by atoms with van der Waals surface area (Å²) in [6.45, 7) is 1.90. The molecule has 0 spiro atoms. The summed E-state index contributed by atoms with van der Waals surface area (Å²) in [6, 6.07) is 8.16. The molecule has 5 nitrogen and oxygen atoms in total.